The summed E-state index contributed by atoms with van der Waals surface area (Å²) in [5, 5.41) is 17.7. The first-order valence-electron chi connectivity index (χ1n) is 12.3. The topological polar surface area (TPSA) is 113 Å². The van der Waals surface area contributed by atoms with Crippen LogP contribution in [0.2, 0.25) is 5.02 Å². The van der Waals surface area contributed by atoms with E-state index in [0.717, 1.165) is 4.68 Å². The highest BCUT2D eigenvalue weighted by molar-refractivity contribution is 6.31. The molecule has 0 radical (unpaired) electrons. The van der Waals surface area contributed by atoms with Crippen LogP contribution in [-0.2, 0) is 6.61 Å². The molecule has 6 rings (SSSR count). The van der Waals surface area contributed by atoms with Crippen molar-refractivity contribution in [2.75, 3.05) is 0 Å². The van der Waals surface area contributed by atoms with Gasteiger partial charge < -0.3 is 9.15 Å². The SMILES string of the molecule is O=c1c2ccccc2nc(-c2cc3cc(Cl)ccc3o2)n1N=Cc1ccc(OCc2ccccc2F)c([N+](=O)[O-])c1. The first kappa shape index (κ1) is 25.9. The third kappa shape index (κ3) is 5.15. The van der Waals surface area contributed by atoms with E-state index in [9.17, 15) is 19.3 Å². The van der Waals surface area contributed by atoms with Crippen molar-refractivity contribution in [3.8, 4) is 17.3 Å². The molecule has 0 fully saturated rings. The number of benzene rings is 4. The molecule has 9 nitrogen and oxygen atoms in total. The molecule has 2 aromatic heterocycles. The standard InChI is InChI=1S/C30H18ClFN4O5/c31-21-10-12-26-20(14-21)15-28(41-26)29-34-24-8-4-2-6-22(24)30(37)35(29)33-16-18-9-11-27(25(13-18)36(38)39)40-17-19-5-1-3-7-23(19)32/h1-16H,17H2. The zero-order chi connectivity index (χ0) is 28.5. The summed E-state index contributed by atoms with van der Waals surface area (Å²) in [5.41, 5.74) is 0.769. The lowest BCUT2D eigenvalue weighted by atomic mass is 10.2. The average Bonchev–Trinajstić information content (AvgIpc) is 3.39. The molecule has 0 bridgehead atoms. The van der Waals surface area contributed by atoms with Gasteiger partial charge in [-0.05, 0) is 54.6 Å². The minimum Gasteiger partial charge on any atom is -0.482 e. The van der Waals surface area contributed by atoms with Gasteiger partial charge in [0.2, 0.25) is 5.82 Å². The summed E-state index contributed by atoms with van der Waals surface area (Å²) >= 11 is 6.12. The number of ether oxygens (including phenoxy) is 1. The molecule has 0 aliphatic carbocycles. The Balaban J connectivity index is 1.40. The Labute approximate surface area is 235 Å². The Morgan fingerprint density at radius 3 is 2.68 bits per heavy atom. The second-order valence-corrected chi connectivity index (χ2v) is 9.41. The Kier molecular flexibility index (Phi) is 6.74. The lowest BCUT2D eigenvalue weighted by Crippen LogP contribution is -2.20. The first-order valence-corrected chi connectivity index (χ1v) is 12.7. The number of rotatable bonds is 7. The van der Waals surface area contributed by atoms with Crippen molar-refractivity contribution >= 4 is 45.4 Å². The quantitative estimate of drug-likeness (QED) is 0.117. The number of para-hydroxylation sites is 1. The van der Waals surface area contributed by atoms with Crippen LogP contribution in [-0.4, -0.2) is 20.8 Å². The molecular weight excluding hydrogens is 551 g/mol. The number of hydrogen-bond acceptors (Lipinski definition) is 7. The van der Waals surface area contributed by atoms with Gasteiger partial charge in [0, 0.05) is 27.6 Å². The van der Waals surface area contributed by atoms with E-state index in [0.29, 0.717) is 32.5 Å². The smallest absolute Gasteiger partial charge is 0.311 e. The second kappa shape index (κ2) is 10.7. The van der Waals surface area contributed by atoms with Gasteiger partial charge in [0.15, 0.2) is 11.5 Å². The monoisotopic (exact) mass is 568 g/mol. The molecule has 0 amide bonds. The lowest BCUT2D eigenvalue weighted by Gasteiger charge is -2.09. The molecular formula is C30H18ClFN4O5. The molecule has 0 aliphatic heterocycles. The Morgan fingerprint density at radius 2 is 1.85 bits per heavy atom. The number of aromatic nitrogens is 2. The summed E-state index contributed by atoms with van der Waals surface area (Å²) in [5.74, 6) is -0.0972. The van der Waals surface area contributed by atoms with E-state index in [2.05, 4.69) is 10.1 Å². The summed E-state index contributed by atoms with van der Waals surface area (Å²) in [6, 6.07) is 23.8. The van der Waals surface area contributed by atoms with Gasteiger partial charge >= 0.3 is 5.69 Å². The molecule has 6 aromatic rings. The molecule has 11 heteroatoms. The highest BCUT2D eigenvalue weighted by Gasteiger charge is 2.19. The van der Waals surface area contributed by atoms with E-state index in [1.165, 1.54) is 36.5 Å². The average molecular weight is 569 g/mol. The van der Waals surface area contributed by atoms with Crippen molar-refractivity contribution in [2.24, 2.45) is 5.10 Å². The number of nitro groups is 1. The van der Waals surface area contributed by atoms with Gasteiger partial charge in [-0.1, -0.05) is 41.9 Å². The van der Waals surface area contributed by atoms with Gasteiger partial charge in [-0.2, -0.15) is 9.78 Å². The molecule has 2 heterocycles. The molecule has 41 heavy (non-hydrogen) atoms. The van der Waals surface area contributed by atoms with E-state index >= 15 is 0 Å². The van der Waals surface area contributed by atoms with E-state index in [1.807, 2.05) is 0 Å². The fourth-order valence-electron chi connectivity index (χ4n) is 4.29. The predicted molar refractivity (Wildman–Crippen MR) is 153 cm³/mol. The first-order chi connectivity index (χ1) is 19.9. The van der Waals surface area contributed by atoms with Gasteiger partial charge in [-0.3, -0.25) is 14.9 Å². The van der Waals surface area contributed by atoms with Crippen LogP contribution in [0.3, 0.4) is 0 Å². The van der Waals surface area contributed by atoms with Crippen LogP contribution in [0, 0.1) is 15.9 Å². The normalized spacial score (nSPS) is 11.5. The van der Waals surface area contributed by atoms with Gasteiger partial charge in [-0.25, -0.2) is 9.37 Å². The maximum atomic E-state index is 14.0. The van der Waals surface area contributed by atoms with Gasteiger partial charge in [0.05, 0.1) is 22.0 Å². The molecule has 4 aromatic carbocycles. The Hall–Kier alpha value is -5.35. The number of furan rings is 1. The van der Waals surface area contributed by atoms with E-state index in [4.69, 9.17) is 20.8 Å². The van der Waals surface area contributed by atoms with Crippen LogP contribution in [0.4, 0.5) is 10.1 Å². The van der Waals surface area contributed by atoms with Crippen LogP contribution in [0.5, 0.6) is 5.75 Å². The van der Waals surface area contributed by atoms with Gasteiger partial charge in [-0.15, -0.1) is 0 Å². The highest BCUT2D eigenvalue weighted by atomic mass is 35.5. The summed E-state index contributed by atoms with van der Waals surface area (Å²) in [7, 11) is 0. The highest BCUT2D eigenvalue weighted by Crippen LogP contribution is 2.30. The fraction of sp³-hybridized carbons (Fsp3) is 0.0333. The predicted octanol–water partition coefficient (Wildman–Crippen LogP) is 6.97. The molecule has 202 valence electrons. The fourth-order valence-corrected chi connectivity index (χ4v) is 4.47. The van der Waals surface area contributed by atoms with Crippen molar-refractivity contribution < 1.29 is 18.5 Å². The summed E-state index contributed by atoms with van der Waals surface area (Å²) in [4.78, 5) is 29.3. The van der Waals surface area contributed by atoms with E-state index < -0.39 is 16.3 Å². The van der Waals surface area contributed by atoms with Gasteiger partial charge in [0.1, 0.15) is 18.0 Å². The van der Waals surface area contributed by atoms with Crippen LogP contribution in [0.15, 0.2) is 105 Å². The zero-order valence-corrected chi connectivity index (χ0v) is 21.8. The number of hydrogen-bond donors (Lipinski definition) is 0. The minimum absolute atomic E-state index is 0.0402. The molecule has 0 saturated heterocycles. The van der Waals surface area contributed by atoms with Crippen LogP contribution in [0.1, 0.15) is 11.1 Å². The molecule has 0 atom stereocenters. The molecule has 0 saturated carbocycles. The Morgan fingerprint density at radius 1 is 1.05 bits per heavy atom. The maximum Gasteiger partial charge on any atom is 0.311 e. The number of nitro benzene ring substituents is 1. The number of halogens is 2. The summed E-state index contributed by atoms with van der Waals surface area (Å²) in [6.45, 7) is -0.189. The van der Waals surface area contributed by atoms with E-state index in [-0.39, 0.29) is 35.2 Å². The number of fused-ring (bicyclic) bond motifs is 2. The molecule has 0 spiro atoms. The lowest BCUT2D eigenvalue weighted by molar-refractivity contribution is -0.386. The van der Waals surface area contributed by atoms with Crippen molar-refractivity contribution in [3.05, 3.63) is 133 Å². The van der Waals surface area contributed by atoms with Crippen LogP contribution >= 0.6 is 11.6 Å². The van der Waals surface area contributed by atoms with Crippen molar-refractivity contribution in [1.82, 2.24) is 9.66 Å². The van der Waals surface area contributed by atoms with Crippen LogP contribution < -0.4 is 10.3 Å². The summed E-state index contributed by atoms with van der Waals surface area (Å²) in [6.07, 6.45) is 1.30. The van der Waals surface area contributed by atoms with Crippen LogP contribution in [0.25, 0.3) is 33.5 Å². The summed E-state index contributed by atoms with van der Waals surface area (Å²) < 4.78 is 26.6. The van der Waals surface area contributed by atoms with Crippen molar-refractivity contribution in [2.45, 2.75) is 6.61 Å². The third-order valence-corrected chi connectivity index (χ3v) is 6.53. The third-order valence-electron chi connectivity index (χ3n) is 6.30. The van der Waals surface area contributed by atoms with Crippen molar-refractivity contribution in [3.63, 3.8) is 0 Å². The van der Waals surface area contributed by atoms with Gasteiger partial charge in [0.25, 0.3) is 5.56 Å². The van der Waals surface area contributed by atoms with E-state index in [1.54, 1.807) is 60.7 Å². The zero-order valence-electron chi connectivity index (χ0n) is 21.0. The number of nitrogens with zero attached hydrogens (tertiary/aromatic N) is 4. The second-order valence-electron chi connectivity index (χ2n) is 8.97. The molecule has 0 N–H and O–H groups in total. The molecule has 0 unspecified atom stereocenters. The molecule has 0 aliphatic rings. The minimum atomic E-state index is -0.608. The largest absolute Gasteiger partial charge is 0.482 e. The van der Waals surface area contributed by atoms with Crippen molar-refractivity contribution in [1.29, 1.82) is 0 Å². The maximum absolute atomic E-state index is 14.0. The Bertz CT molecular complexity index is 2050.